The number of nitrogens with zero attached hydrogens (tertiary/aromatic N) is 1. The Bertz CT molecular complexity index is 906. The van der Waals surface area contributed by atoms with Crippen LogP contribution in [0.25, 0.3) is 0 Å². The quantitative estimate of drug-likeness (QED) is 0.504. The molecule has 162 valence electrons. The number of alkyl halides is 2. The van der Waals surface area contributed by atoms with Crippen LogP contribution in [-0.4, -0.2) is 40.1 Å². The van der Waals surface area contributed by atoms with Gasteiger partial charge in [0.15, 0.2) is 17.5 Å². The maximum atomic E-state index is 12.8. The second-order valence-electron chi connectivity index (χ2n) is 6.60. The van der Waals surface area contributed by atoms with Crippen LogP contribution in [0, 0.1) is 6.92 Å². The van der Waals surface area contributed by atoms with Crippen LogP contribution in [0.5, 0.6) is 23.0 Å². The molecule has 0 amide bonds. The minimum atomic E-state index is -2.94. The number of aliphatic imine (C=N–C) groups is 1. The molecule has 0 aromatic heterocycles. The van der Waals surface area contributed by atoms with Crippen molar-refractivity contribution in [2.75, 3.05) is 27.5 Å². The molecule has 3 rings (SSSR count). The number of methoxy groups -OCH3 is 1. The van der Waals surface area contributed by atoms with Gasteiger partial charge in [-0.3, -0.25) is 4.99 Å². The topological polar surface area (TPSA) is 73.3 Å². The number of fused-ring (bicyclic) bond motifs is 1. The third-order valence-corrected chi connectivity index (χ3v) is 4.62. The molecule has 0 atom stereocenters. The summed E-state index contributed by atoms with van der Waals surface area (Å²) in [6, 6.07) is 9.11. The van der Waals surface area contributed by atoms with E-state index >= 15 is 0 Å². The Hall–Kier alpha value is -3.23. The van der Waals surface area contributed by atoms with Gasteiger partial charge in [-0.2, -0.15) is 8.78 Å². The first-order chi connectivity index (χ1) is 14.5. The Kier molecular flexibility index (Phi) is 7.16. The largest absolute Gasteiger partial charge is 0.496 e. The second kappa shape index (κ2) is 10.00. The number of ether oxygens (including phenoxy) is 4. The summed E-state index contributed by atoms with van der Waals surface area (Å²) in [5.74, 6) is 2.29. The van der Waals surface area contributed by atoms with Gasteiger partial charge in [0.1, 0.15) is 11.5 Å². The van der Waals surface area contributed by atoms with Crippen molar-refractivity contribution in [3.05, 3.63) is 47.0 Å². The molecular weight excluding hydrogens is 396 g/mol. The minimum Gasteiger partial charge on any atom is -0.496 e. The first-order valence-electron chi connectivity index (χ1n) is 9.45. The molecule has 1 aliphatic rings. The lowest BCUT2D eigenvalue weighted by Gasteiger charge is -2.15. The van der Waals surface area contributed by atoms with E-state index in [-0.39, 0.29) is 19.1 Å². The van der Waals surface area contributed by atoms with Crippen LogP contribution in [0.15, 0.2) is 35.3 Å². The molecule has 9 heteroatoms. The lowest BCUT2D eigenvalue weighted by atomic mass is 10.1. The van der Waals surface area contributed by atoms with Gasteiger partial charge in [-0.1, -0.05) is 12.1 Å². The number of benzene rings is 2. The summed E-state index contributed by atoms with van der Waals surface area (Å²) in [4.78, 5) is 4.17. The molecule has 0 fully saturated rings. The highest BCUT2D eigenvalue weighted by atomic mass is 19.3. The average Bonchev–Trinajstić information content (AvgIpc) is 3.18. The molecule has 0 saturated carbocycles. The van der Waals surface area contributed by atoms with Gasteiger partial charge in [0.05, 0.1) is 7.11 Å². The number of halogens is 2. The zero-order valence-electron chi connectivity index (χ0n) is 17.1. The van der Waals surface area contributed by atoms with E-state index in [1.807, 2.05) is 19.1 Å². The van der Waals surface area contributed by atoms with E-state index < -0.39 is 6.61 Å². The first kappa shape index (κ1) is 21.5. The molecule has 0 saturated heterocycles. The molecule has 1 heterocycles. The summed E-state index contributed by atoms with van der Waals surface area (Å²) < 4.78 is 46.1. The van der Waals surface area contributed by atoms with Crippen LogP contribution in [0.2, 0.25) is 0 Å². The molecule has 0 unspecified atom stereocenters. The summed E-state index contributed by atoms with van der Waals surface area (Å²) in [7, 11) is 3.29. The highest BCUT2D eigenvalue weighted by Crippen LogP contribution is 2.38. The Labute approximate surface area is 174 Å². The monoisotopic (exact) mass is 421 g/mol. The fourth-order valence-electron chi connectivity index (χ4n) is 3.05. The van der Waals surface area contributed by atoms with Crippen molar-refractivity contribution < 1.29 is 27.7 Å². The van der Waals surface area contributed by atoms with E-state index in [0.29, 0.717) is 29.6 Å². The summed E-state index contributed by atoms with van der Waals surface area (Å²) >= 11 is 0. The molecule has 0 bridgehead atoms. The number of nitrogens with one attached hydrogen (secondary N) is 2. The predicted molar refractivity (Wildman–Crippen MR) is 109 cm³/mol. The second-order valence-corrected chi connectivity index (χ2v) is 6.60. The lowest BCUT2D eigenvalue weighted by molar-refractivity contribution is -0.0505. The van der Waals surface area contributed by atoms with Crippen LogP contribution in [0.1, 0.15) is 16.7 Å². The van der Waals surface area contributed by atoms with Gasteiger partial charge in [-0.05, 0) is 36.6 Å². The zero-order chi connectivity index (χ0) is 21.5. The lowest BCUT2D eigenvalue weighted by Crippen LogP contribution is -2.38. The average molecular weight is 421 g/mol. The first-order valence-corrected chi connectivity index (χ1v) is 9.45. The highest BCUT2D eigenvalue weighted by molar-refractivity contribution is 5.79. The minimum absolute atomic E-state index is 0.0314. The number of aryl methyl sites for hydroxylation is 1. The SMILES string of the molecule is CN=C(NCCc1ccc(C)c(OC)c1)NCc1cc2c(cc1OC(F)F)OCO2. The Morgan fingerprint density at radius 3 is 2.60 bits per heavy atom. The Balaban J connectivity index is 1.58. The van der Waals surface area contributed by atoms with Gasteiger partial charge >= 0.3 is 6.61 Å². The van der Waals surface area contributed by atoms with E-state index in [1.165, 1.54) is 6.07 Å². The number of rotatable bonds is 8. The standard InChI is InChI=1S/C21H25F2N3O4/c1-13-4-5-14(8-16(13)27-3)6-7-25-21(24-2)26-11-15-9-18-19(29-12-28-18)10-17(15)30-20(22)23/h4-5,8-10,20H,6-7,11-12H2,1-3H3,(H2,24,25,26). The fraction of sp³-hybridized carbons (Fsp3) is 0.381. The molecule has 1 aliphatic heterocycles. The molecule has 2 N–H and O–H groups in total. The van der Waals surface area contributed by atoms with E-state index in [0.717, 1.165) is 23.3 Å². The number of hydrogen-bond acceptors (Lipinski definition) is 5. The van der Waals surface area contributed by atoms with Crippen LogP contribution >= 0.6 is 0 Å². The van der Waals surface area contributed by atoms with Crippen molar-refractivity contribution in [1.29, 1.82) is 0 Å². The van der Waals surface area contributed by atoms with Gasteiger partial charge in [-0.25, -0.2) is 0 Å². The summed E-state index contributed by atoms with van der Waals surface area (Å²) in [6.07, 6.45) is 0.765. The van der Waals surface area contributed by atoms with E-state index in [2.05, 4.69) is 26.4 Å². The summed E-state index contributed by atoms with van der Waals surface area (Å²) in [5.41, 5.74) is 2.71. The normalized spacial score (nSPS) is 12.8. The van der Waals surface area contributed by atoms with E-state index in [4.69, 9.17) is 14.2 Å². The van der Waals surface area contributed by atoms with Crippen molar-refractivity contribution in [2.45, 2.75) is 26.5 Å². The van der Waals surface area contributed by atoms with Crippen molar-refractivity contribution in [3.8, 4) is 23.0 Å². The van der Waals surface area contributed by atoms with Crippen molar-refractivity contribution >= 4 is 5.96 Å². The molecule has 0 radical (unpaired) electrons. The number of guanidine groups is 1. The van der Waals surface area contributed by atoms with Crippen molar-refractivity contribution in [3.63, 3.8) is 0 Å². The molecule has 0 aliphatic carbocycles. The van der Waals surface area contributed by atoms with Crippen LogP contribution in [-0.2, 0) is 13.0 Å². The maximum Gasteiger partial charge on any atom is 0.387 e. The van der Waals surface area contributed by atoms with E-state index in [9.17, 15) is 8.78 Å². The predicted octanol–water partition coefficient (Wildman–Crippen LogP) is 3.24. The van der Waals surface area contributed by atoms with Crippen LogP contribution in [0.3, 0.4) is 0 Å². The van der Waals surface area contributed by atoms with Crippen LogP contribution in [0.4, 0.5) is 8.78 Å². The van der Waals surface area contributed by atoms with Gasteiger partial charge < -0.3 is 29.6 Å². The Morgan fingerprint density at radius 2 is 1.90 bits per heavy atom. The third kappa shape index (κ3) is 5.43. The maximum absolute atomic E-state index is 12.8. The summed E-state index contributed by atoms with van der Waals surface area (Å²) in [5, 5.41) is 6.31. The van der Waals surface area contributed by atoms with Gasteiger partial charge in [0, 0.05) is 31.8 Å². The summed E-state index contributed by atoms with van der Waals surface area (Å²) in [6.45, 7) is -0.0419. The smallest absolute Gasteiger partial charge is 0.387 e. The van der Waals surface area contributed by atoms with Crippen molar-refractivity contribution in [1.82, 2.24) is 10.6 Å². The van der Waals surface area contributed by atoms with Gasteiger partial charge in [-0.15, -0.1) is 0 Å². The highest BCUT2D eigenvalue weighted by Gasteiger charge is 2.20. The Morgan fingerprint density at radius 1 is 1.13 bits per heavy atom. The molecule has 2 aromatic rings. The van der Waals surface area contributed by atoms with Gasteiger partial charge in [0.25, 0.3) is 0 Å². The molecule has 7 nitrogen and oxygen atoms in total. The number of hydrogen-bond donors (Lipinski definition) is 2. The third-order valence-electron chi connectivity index (χ3n) is 4.62. The zero-order valence-corrected chi connectivity index (χ0v) is 17.1. The van der Waals surface area contributed by atoms with Crippen LogP contribution < -0.4 is 29.6 Å². The molecule has 2 aromatic carbocycles. The van der Waals surface area contributed by atoms with Gasteiger partial charge in [0.2, 0.25) is 6.79 Å². The molecule has 30 heavy (non-hydrogen) atoms. The fourth-order valence-corrected chi connectivity index (χ4v) is 3.05. The van der Waals surface area contributed by atoms with E-state index in [1.54, 1.807) is 20.2 Å². The molecular formula is C21H25F2N3O4. The molecule has 0 spiro atoms. The van der Waals surface area contributed by atoms with Crippen molar-refractivity contribution in [2.24, 2.45) is 4.99 Å².